The first-order valence-corrected chi connectivity index (χ1v) is 7.86. The molecule has 0 radical (unpaired) electrons. The number of carbonyl (C=O) groups is 1. The van der Waals surface area contributed by atoms with Crippen LogP contribution in [0.1, 0.15) is 16.7 Å². The highest BCUT2D eigenvalue weighted by Gasteiger charge is 2.57. The number of benzene rings is 1. The summed E-state index contributed by atoms with van der Waals surface area (Å²) in [7, 11) is 0. The van der Waals surface area contributed by atoms with Crippen molar-refractivity contribution in [2.24, 2.45) is 11.8 Å². The van der Waals surface area contributed by atoms with Crippen molar-refractivity contribution in [1.29, 1.82) is 0 Å². The van der Waals surface area contributed by atoms with Gasteiger partial charge in [0.1, 0.15) is 5.76 Å². The molecule has 3 nitrogen and oxygen atoms in total. The zero-order chi connectivity index (χ0) is 14.9. The number of Topliss-reactive ketones (excluding diaryl/α,β-unsaturated/α-hetero) is 1. The molecule has 1 saturated heterocycles. The second-order valence-corrected chi connectivity index (χ2v) is 6.96. The van der Waals surface area contributed by atoms with Gasteiger partial charge in [-0.3, -0.25) is 4.79 Å². The van der Waals surface area contributed by atoms with E-state index in [-0.39, 0.29) is 35.6 Å². The average Bonchev–Trinajstić information content (AvgIpc) is 3.06. The molecular weight excluding hydrogens is 332 g/mol. The third-order valence-corrected chi connectivity index (χ3v) is 5.23. The molecule has 0 aromatic heterocycles. The van der Waals surface area contributed by atoms with E-state index in [9.17, 15) is 9.90 Å². The molecule has 21 heavy (non-hydrogen) atoms. The third-order valence-electron chi connectivity index (χ3n) is 4.77. The molecule has 1 N–H and O–H groups in total. The van der Waals surface area contributed by atoms with Crippen LogP contribution in [-0.2, 0) is 9.53 Å². The quantitative estimate of drug-likeness (QED) is 0.791. The van der Waals surface area contributed by atoms with E-state index >= 15 is 0 Å². The second kappa shape index (κ2) is 4.31. The van der Waals surface area contributed by atoms with Gasteiger partial charge in [0.05, 0.1) is 29.6 Å². The number of carbonyl (C=O) groups excluding carboxylic acids is 1. The first kappa shape index (κ1) is 13.3. The van der Waals surface area contributed by atoms with Crippen molar-refractivity contribution in [3.8, 4) is 0 Å². The van der Waals surface area contributed by atoms with Crippen LogP contribution in [0.3, 0.4) is 0 Å². The normalized spacial score (nSPS) is 33.2. The van der Waals surface area contributed by atoms with Crippen LogP contribution in [0.2, 0.25) is 0 Å². The van der Waals surface area contributed by atoms with Crippen molar-refractivity contribution in [3.05, 3.63) is 51.2 Å². The summed E-state index contributed by atoms with van der Waals surface area (Å²) in [4.78, 5) is 12.8. The number of hydrogen-bond donors (Lipinski definition) is 1. The van der Waals surface area contributed by atoms with E-state index in [4.69, 9.17) is 4.74 Å². The van der Waals surface area contributed by atoms with Gasteiger partial charge in [-0.2, -0.15) is 0 Å². The van der Waals surface area contributed by atoms with E-state index in [2.05, 4.69) is 15.9 Å². The SMILES string of the molecule is Cc1cc(Br)cc(C)c1C1=C(O)[C@H]2C(C1=O)[C@@H]1C=C[C@H]2O1. The molecule has 1 aromatic carbocycles. The molecule has 1 aliphatic carbocycles. The van der Waals surface area contributed by atoms with Crippen molar-refractivity contribution < 1.29 is 14.6 Å². The molecule has 2 heterocycles. The zero-order valence-electron chi connectivity index (χ0n) is 11.8. The van der Waals surface area contributed by atoms with Crippen LogP contribution in [0.4, 0.5) is 0 Å². The monoisotopic (exact) mass is 346 g/mol. The largest absolute Gasteiger partial charge is 0.511 e. The summed E-state index contributed by atoms with van der Waals surface area (Å²) in [5.41, 5.74) is 3.36. The summed E-state index contributed by atoms with van der Waals surface area (Å²) in [5, 5.41) is 10.7. The Bertz CT molecular complexity index is 709. The van der Waals surface area contributed by atoms with Crippen molar-refractivity contribution in [2.45, 2.75) is 26.1 Å². The van der Waals surface area contributed by atoms with Gasteiger partial charge in [-0.15, -0.1) is 0 Å². The lowest BCUT2D eigenvalue weighted by Gasteiger charge is -2.15. The summed E-state index contributed by atoms with van der Waals surface area (Å²) in [6.45, 7) is 3.94. The predicted octanol–water partition coefficient (Wildman–Crippen LogP) is 3.49. The highest BCUT2D eigenvalue weighted by molar-refractivity contribution is 9.10. The maximum Gasteiger partial charge on any atom is 0.173 e. The molecule has 0 amide bonds. The molecule has 108 valence electrons. The van der Waals surface area contributed by atoms with Gasteiger partial charge in [-0.1, -0.05) is 28.1 Å². The molecule has 0 spiro atoms. The number of halogens is 1. The highest BCUT2D eigenvalue weighted by Crippen LogP contribution is 2.51. The maximum atomic E-state index is 12.8. The lowest BCUT2D eigenvalue weighted by Crippen LogP contribution is -2.26. The Balaban J connectivity index is 1.89. The van der Waals surface area contributed by atoms with Crippen LogP contribution in [0, 0.1) is 25.7 Å². The van der Waals surface area contributed by atoms with Crippen molar-refractivity contribution >= 4 is 27.3 Å². The topological polar surface area (TPSA) is 46.5 Å². The third kappa shape index (κ3) is 1.66. The lowest BCUT2D eigenvalue weighted by atomic mass is 9.84. The Labute approximate surface area is 131 Å². The van der Waals surface area contributed by atoms with E-state index in [1.807, 2.05) is 38.1 Å². The second-order valence-electron chi connectivity index (χ2n) is 6.04. The number of ether oxygens (including phenoxy) is 1. The van der Waals surface area contributed by atoms with Crippen LogP contribution < -0.4 is 0 Å². The molecule has 3 aliphatic rings. The van der Waals surface area contributed by atoms with Crippen LogP contribution in [0.5, 0.6) is 0 Å². The van der Waals surface area contributed by atoms with Gasteiger partial charge in [-0.05, 0) is 42.7 Å². The van der Waals surface area contributed by atoms with E-state index in [0.29, 0.717) is 5.57 Å². The van der Waals surface area contributed by atoms with Crippen LogP contribution in [0.25, 0.3) is 5.57 Å². The fourth-order valence-corrected chi connectivity index (χ4v) is 4.65. The molecular formula is C17H15BrO3. The standard InChI is InChI=1S/C17H15BrO3/c1-7-5-9(18)6-8(2)12(7)15-16(19)13-10-3-4-11(21-10)14(13)17(15)20/h3-6,10-11,13-14,19H,1-2H3/t10-,11+,13-,14?/m1/s1. The number of aliphatic hydroxyl groups excluding tert-OH is 1. The Morgan fingerprint density at radius 2 is 1.67 bits per heavy atom. The number of aryl methyl sites for hydroxylation is 2. The molecule has 4 atom stereocenters. The Morgan fingerprint density at radius 3 is 2.24 bits per heavy atom. The van der Waals surface area contributed by atoms with Crippen LogP contribution in [0.15, 0.2) is 34.5 Å². The summed E-state index contributed by atoms with van der Waals surface area (Å²) < 4.78 is 6.69. The molecule has 1 fully saturated rings. The maximum absolute atomic E-state index is 12.8. The van der Waals surface area contributed by atoms with Gasteiger partial charge in [0.25, 0.3) is 0 Å². The first-order valence-electron chi connectivity index (χ1n) is 7.07. The van der Waals surface area contributed by atoms with E-state index in [1.54, 1.807) is 0 Å². The summed E-state index contributed by atoms with van der Waals surface area (Å²) in [5.74, 6) is -0.236. The lowest BCUT2D eigenvalue weighted by molar-refractivity contribution is -0.118. The average molecular weight is 347 g/mol. The van der Waals surface area contributed by atoms with Gasteiger partial charge in [0, 0.05) is 4.47 Å². The fraction of sp³-hybridized carbons (Fsp3) is 0.353. The number of aliphatic hydroxyl groups is 1. The van der Waals surface area contributed by atoms with E-state index < -0.39 is 0 Å². The molecule has 2 bridgehead atoms. The molecule has 2 aliphatic heterocycles. The van der Waals surface area contributed by atoms with Crippen LogP contribution >= 0.6 is 15.9 Å². The summed E-state index contributed by atoms with van der Waals surface area (Å²) in [6, 6.07) is 3.96. The highest BCUT2D eigenvalue weighted by atomic mass is 79.9. The predicted molar refractivity (Wildman–Crippen MR) is 83.0 cm³/mol. The molecule has 4 rings (SSSR count). The molecule has 0 saturated carbocycles. The Hall–Kier alpha value is -1.39. The van der Waals surface area contributed by atoms with Gasteiger partial charge >= 0.3 is 0 Å². The van der Waals surface area contributed by atoms with Gasteiger partial charge in [0.15, 0.2) is 5.78 Å². The number of fused-ring (bicyclic) bond motifs is 5. The van der Waals surface area contributed by atoms with Crippen molar-refractivity contribution in [2.75, 3.05) is 0 Å². The minimum absolute atomic E-state index is 0.0165. The number of ketones is 1. The number of allylic oxidation sites excluding steroid dienone is 1. The van der Waals surface area contributed by atoms with Gasteiger partial charge in [0.2, 0.25) is 0 Å². The zero-order valence-corrected chi connectivity index (χ0v) is 13.3. The van der Waals surface area contributed by atoms with Crippen molar-refractivity contribution in [1.82, 2.24) is 0 Å². The number of hydrogen-bond acceptors (Lipinski definition) is 3. The van der Waals surface area contributed by atoms with Gasteiger partial charge in [-0.25, -0.2) is 0 Å². The Morgan fingerprint density at radius 1 is 1.10 bits per heavy atom. The van der Waals surface area contributed by atoms with Gasteiger partial charge < -0.3 is 9.84 Å². The van der Waals surface area contributed by atoms with Crippen molar-refractivity contribution in [3.63, 3.8) is 0 Å². The molecule has 1 unspecified atom stereocenters. The molecule has 1 aromatic rings. The summed E-state index contributed by atoms with van der Waals surface area (Å²) >= 11 is 3.47. The minimum Gasteiger partial charge on any atom is -0.511 e. The van der Waals surface area contributed by atoms with E-state index in [0.717, 1.165) is 21.2 Å². The minimum atomic E-state index is -0.252. The van der Waals surface area contributed by atoms with E-state index in [1.165, 1.54) is 0 Å². The smallest absolute Gasteiger partial charge is 0.173 e. The first-order chi connectivity index (χ1) is 9.99. The number of rotatable bonds is 1. The van der Waals surface area contributed by atoms with Crippen LogP contribution in [-0.4, -0.2) is 23.1 Å². The Kier molecular flexibility index (Phi) is 2.72. The molecule has 4 heteroatoms. The fourth-order valence-electron chi connectivity index (χ4n) is 3.96. The summed E-state index contributed by atoms with van der Waals surface area (Å²) in [6.07, 6.45) is 3.57.